The molecule has 2 aromatic heterocycles. The predicted octanol–water partition coefficient (Wildman–Crippen LogP) is 2.72. The topological polar surface area (TPSA) is 90.5 Å². The van der Waals surface area contributed by atoms with Crippen LogP contribution in [0.2, 0.25) is 0 Å². The zero-order chi connectivity index (χ0) is 19.2. The van der Waals surface area contributed by atoms with Crippen molar-refractivity contribution in [1.29, 1.82) is 0 Å². The van der Waals surface area contributed by atoms with E-state index in [1.165, 1.54) is 0 Å². The summed E-state index contributed by atoms with van der Waals surface area (Å²) in [4.78, 5) is 32.8. The third-order valence-electron chi connectivity index (χ3n) is 3.91. The number of carbonyl (C=O) groups excluding carboxylic acids is 1. The van der Waals surface area contributed by atoms with Crippen molar-refractivity contribution in [2.45, 2.75) is 13.3 Å². The van der Waals surface area contributed by atoms with E-state index in [0.717, 1.165) is 11.3 Å². The van der Waals surface area contributed by atoms with Gasteiger partial charge in [-0.05, 0) is 24.6 Å². The Hall–Kier alpha value is -2.71. The highest BCUT2D eigenvalue weighted by Gasteiger charge is 2.20. The molecule has 7 nitrogen and oxygen atoms in total. The quantitative estimate of drug-likeness (QED) is 0.471. The first-order chi connectivity index (χ1) is 13.1. The fraction of sp³-hybridized carbons (Fsp3) is 0.316. The zero-order valence-corrected chi connectivity index (χ0v) is 15.9. The first-order valence-corrected chi connectivity index (χ1v) is 9.28. The molecule has 0 unspecified atom stereocenters. The molecule has 1 aromatic carbocycles. The van der Waals surface area contributed by atoms with Crippen molar-refractivity contribution in [3.05, 3.63) is 57.0 Å². The van der Waals surface area contributed by atoms with Crippen LogP contribution >= 0.6 is 11.3 Å². The lowest BCUT2D eigenvalue weighted by Crippen LogP contribution is -2.14. The molecule has 0 saturated heterocycles. The number of esters is 1. The van der Waals surface area contributed by atoms with E-state index in [1.54, 1.807) is 14.0 Å². The number of para-hydroxylation sites is 1. The van der Waals surface area contributed by atoms with E-state index in [4.69, 9.17) is 14.2 Å². The van der Waals surface area contributed by atoms with Gasteiger partial charge in [0.25, 0.3) is 5.56 Å². The maximum Gasteiger partial charge on any atom is 0.348 e. The number of aromatic amines is 1. The Labute approximate surface area is 159 Å². The number of hydrogen-bond donors (Lipinski definition) is 1. The molecule has 0 aliphatic rings. The van der Waals surface area contributed by atoms with Crippen LogP contribution in [0.4, 0.5) is 0 Å². The highest BCUT2D eigenvalue weighted by molar-refractivity contribution is 7.20. The van der Waals surface area contributed by atoms with Gasteiger partial charge in [-0.15, -0.1) is 11.3 Å². The number of hydrogen-bond acceptors (Lipinski definition) is 7. The van der Waals surface area contributed by atoms with Crippen LogP contribution in [0.3, 0.4) is 0 Å². The normalized spacial score (nSPS) is 10.9. The Morgan fingerprint density at radius 1 is 1.19 bits per heavy atom. The van der Waals surface area contributed by atoms with Gasteiger partial charge < -0.3 is 19.2 Å². The fourth-order valence-corrected chi connectivity index (χ4v) is 3.67. The summed E-state index contributed by atoms with van der Waals surface area (Å²) in [6.07, 6.45) is 0.495. The van der Waals surface area contributed by atoms with E-state index >= 15 is 0 Å². The molecule has 3 aromatic rings. The number of aryl methyl sites for hydroxylation is 1. The van der Waals surface area contributed by atoms with Gasteiger partial charge in [-0.1, -0.05) is 18.2 Å². The molecule has 27 heavy (non-hydrogen) atoms. The van der Waals surface area contributed by atoms with Crippen molar-refractivity contribution in [2.24, 2.45) is 0 Å². The third-order valence-corrected chi connectivity index (χ3v) is 5.07. The number of thiophene rings is 1. The number of benzene rings is 1. The minimum atomic E-state index is -0.481. The lowest BCUT2D eigenvalue weighted by Gasteiger charge is -2.06. The summed E-state index contributed by atoms with van der Waals surface area (Å²) >= 11 is 1.16. The number of carbonyl (C=O) groups is 1. The van der Waals surface area contributed by atoms with Crippen LogP contribution in [0.25, 0.3) is 10.2 Å². The number of ether oxygens (including phenoxy) is 3. The first kappa shape index (κ1) is 19.1. The van der Waals surface area contributed by atoms with Gasteiger partial charge in [0.2, 0.25) is 0 Å². The van der Waals surface area contributed by atoms with Crippen molar-refractivity contribution < 1.29 is 19.0 Å². The number of nitrogens with one attached hydrogen (secondary N) is 1. The Morgan fingerprint density at radius 3 is 2.70 bits per heavy atom. The van der Waals surface area contributed by atoms with Gasteiger partial charge in [0.1, 0.15) is 34.5 Å². The second-order valence-corrected chi connectivity index (χ2v) is 6.79. The molecule has 0 fully saturated rings. The molecule has 0 radical (unpaired) electrons. The average Bonchev–Trinajstić information content (AvgIpc) is 3.01. The average molecular weight is 388 g/mol. The van der Waals surface area contributed by atoms with E-state index in [9.17, 15) is 9.59 Å². The van der Waals surface area contributed by atoms with Crippen molar-refractivity contribution in [2.75, 3.05) is 26.9 Å². The maximum atomic E-state index is 12.4. The molecule has 3 rings (SSSR count). The van der Waals surface area contributed by atoms with Crippen LogP contribution in [0.1, 0.15) is 21.1 Å². The Kier molecular flexibility index (Phi) is 6.20. The number of nitrogens with zero attached hydrogens (tertiary/aromatic N) is 1. The molecule has 0 atom stereocenters. The Balaban J connectivity index is 1.68. The predicted molar refractivity (Wildman–Crippen MR) is 103 cm³/mol. The van der Waals surface area contributed by atoms with Crippen molar-refractivity contribution >= 4 is 27.5 Å². The number of H-pyrrole nitrogens is 1. The summed E-state index contributed by atoms with van der Waals surface area (Å²) in [6.45, 7) is 2.54. The summed E-state index contributed by atoms with van der Waals surface area (Å²) in [5.41, 5.74) is 0.322. The largest absolute Gasteiger partial charge is 0.490 e. The molecular weight excluding hydrogens is 368 g/mol. The molecule has 0 amide bonds. The summed E-state index contributed by atoms with van der Waals surface area (Å²) in [5.74, 6) is 0.766. The molecule has 2 heterocycles. The number of methoxy groups -OCH3 is 1. The van der Waals surface area contributed by atoms with Gasteiger partial charge in [0.15, 0.2) is 0 Å². The lowest BCUT2D eigenvalue weighted by molar-refractivity contribution is 0.0455. The summed E-state index contributed by atoms with van der Waals surface area (Å²) in [5, 5.41) is 0.425. The molecule has 0 aliphatic carbocycles. The van der Waals surface area contributed by atoms with Crippen LogP contribution in [0.15, 0.2) is 35.1 Å². The molecular formula is C19H20N2O5S. The van der Waals surface area contributed by atoms with Crippen molar-refractivity contribution in [1.82, 2.24) is 9.97 Å². The minimum Gasteiger partial charge on any atom is -0.490 e. The van der Waals surface area contributed by atoms with E-state index in [0.29, 0.717) is 45.3 Å². The summed E-state index contributed by atoms with van der Waals surface area (Å²) < 4.78 is 15.8. The monoisotopic (exact) mass is 388 g/mol. The Bertz CT molecular complexity index is 981. The molecule has 0 bridgehead atoms. The second kappa shape index (κ2) is 8.79. The van der Waals surface area contributed by atoms with E-state index in [-0.39, 0.29) is 18.8 Å². The standard InChI is InChI=1S/C19H20N2O5S/c1-12-15-17(22)20-14(8-9-24-2)21-18(15)27-16(12)19(23)26-11-10-25-13-6-4-3-5-7-13/h3-7H,8-11H2,1-2H3,(H,20,21,22). The molecule has 1 N–H and O–H groups in total. The molecule has 0 saturated carbocycles. The third kappa shape index (κ3) is 4.53. The number of fused-ring (bicyclic) bond motifs is 1. The van der Waals surface area contributed by atoms with E-state index < -0.39 is 5.97 Å². The van der Waals surface area contributed by atoms with Gasteiger partial charge in [0, 0.05) is 13.5 Å². The number of rotatable bonds is 8. The molecule has 0 aliphatic heterocycles. The van der Waals surface area contributed by atoms with Gasteiger partial charge in [-0.25, -0.2) is 9.78 Å². The van der Waals surface area contributed by atoms with E-state index in [2.05, 4.69) is 9.97 Å². The summed E-state index contributed by atoms with van der Waals surface area (Å²) in [6, 6.07) is 9.29. The number of aromatic nitrogens is 2. The zero-order valence-electron chi connectivity index (χ0n) is 15.1. The van der Waals surface area contributed by atoms with Crippen molar-refractivity contribution in [3.8, 4) is 5.75 Å². The highest BCUT2D eigenvalue weighted by Crippen LogP contribution is 2.27. The van der Waals surface area contributed by atoms with Gasteiger partial charge in [-0.3, -0.25) is 4.79 Å². The van der Waals surface area contributed by atoms with Crippen LogP contribution in [-0.2, 0) is 15.9 Å². The minimum absolute atomic E-state index is 0.115. The van der Waals surface area contributed by atoms with E-state index in [1.807, 2.05) is 30.3 Å². The molecule has 0 spiro atoms. The van der Waals surface area contributed by atoms with Gasteiger partial charge in [-0.2, -0.15) is 0 Å². The van der Waals surface area contributed by atoms with Gasteiger partial charge >= 0.3 is 5.97 Å². The second-order valence-electron chi connectivity index (χ2n) is 5.79. The van der Waals surface area contributed by atoms with Crippen LogP contribution in [0, 0.1) is 6.92 Å². The highest BCUT2D eigenvalue weighted by atomic mass is 32.1. The SMILES string of the molecule is COCCc1nc2sc(C(=O)OCCOc3ccccc3)c(C)c2c(=O)[nH]1. The first-order valence-electron chi connectivity index (χ1n) is 8.46. The smallest absolute Gasteiger partial charge is 0.348 e. The Morgan fingerprint density at radius 2 is 1.96 bits per heavy atom. The van der Waals surface area contributed by atoms with Crippen LogP contribution in [0.5, 0.6) is 5.75 Å². The molecule has 142 valence electrons. The van der Waals surface area contributed by atoms with Crippen molar-refractivity contribution in [3.63, 3.8) is 0 Å². The summed E-state index contributed by atoms with van der Waals surface area (Å²) in [7, 11) is 1.58. The van der Waals surface area contributed by atoms with Crippen LogP contribution < -0.4 is 10.3 Å². The van der Waals surface area contributed by atoms with Gasteiger partial charge in [0.05, 0.1) is 12.0 Å². The molecule has 8 heteroatoms. The fourth-order valence-electron chi connectivity index (χ4n) is 2.58. The van der Waals surface area contributed by atoms with Crippen LogP contribution in [-0.4, -0.2) is 42.9 Å². The maximum absolute atomic E-state index is 12.4. The lowest BCUT2D eigenvalue weighted by atomic mass is 10.2.